The van der Waals surface area contributed by atoms with Crippen molar-refractivity contribution in [1.82, 2.24) is 14.5 Å². The minimum Gasteiger partial charge on any atom is -0.348 e. The summed E-state index contributed by atoms with van der Waals surface area (Å²) in [5.41, 5.74) is 6.11. The van der Waals surface area contributed by atoms with E-state index in [4.69, 9.17) is 17.0 Å². The van der Waals surface area contributed by atoms with Gasteiger partial charge in [0.25, 0.3) is 5.91 Å². The monoisotopic (exact) mass is 476 g/mol. The van der Waals surface area contributed by atoms with Crippen LogP contribution in [0, 0.1) is 25.1 Å². The van der Waals surface area contributed by atoms with E-state index in [9.17, 15) is 9.18 Å². The number of hydrogen-bond acceptors (Lipinski definition) is 2. The maximum atomic E-state index is 13.7. The molecule has 34 heavy (non-hydrogen) atoms. The Bertz CT molecular complexity index is 1440. The maximum absolute atomic E-state index is 13.7. The van der Waals surface area contributed by atoms with Crippen molar-refractivity contribution in [2.24, 2.45) is 7.05 Å². The molecule has 0 atom stereocenters. The molecule has 1 heterocycles. The molecule has 0 saturated heterocycles. The molecular weight excluding hydrogens is 451 g/mol. The number of halogens is 2. The number of carbonyl (C=O) groups is 1. The number of aromatic nitrogens is 2. The summed E-state index contributed by atoms with van der Waals surface area (Å²) < 4.78 is 17.2. The Morgan fingerprint density at radius 1 is 1.00 bits per heavy atom. The molecule has 0 spiro atoms. The highest BCUT2D eigenvalue weighted by atomic mass is 35.5. The van der Waals surface area contributed by atoms with E-state index in [1.807, 2.05) is 69.7 Å². The highest BCUT2D eigenvalue weighted by Gasteiger charge is 2.13. The van der Waals surface area contributed by atoms with Gasteiger partial charge >= 0.3 is 0 Å². The van der Waals surface area contributed by atoms with Crippen molar-refractivity contribution in [2.75, 3.05) is 0 Å². The Hall–Kier alpha value is -3.64. The van der Waals surface area contributed by atoms with Crippen LogP contribution in [0.3, 0.4) is 0 Å². The predicted molar refractivity (Wildman–Crippen MR) is 132 cm³/mol. The average molecular weight is 477 g/mol. The Morgan fingerprint density at radius 3 is 2.47 bits per heavy atom. The number of nitrogens with zero attached hydrogens (tertiary/aromatic N) is 2. The van der Waals surface area contributed by atoms with E-state index >= 15 is 0 Å². The van der Waals surface area contributed by atoms with Crippen LogP contribution in [0.25, 0.3) is 11.1 Å². The molecule has 3 aromatic carbocycles. The fraction of sp³-hybridized carbons (Fsp3) is 0.185. The van der Waals surface area contributed by atoms with E-state index in [2.05, 4.69) is 5.32 Å². The van der Waals surface area contributed by atoms with E-state index in [0.29, 0.717) is 29.3 Å². The summed E-state index contributed by atoms with van der Waals surface area (Å²) in [6.07, 6.45) is 3.65. The number of benzene rings is 3. The van der Waals surface area contributed by atoms with Crippen LogP contribution < -0.4 is 10.9 Å². The Balaban J connectivity index is 1.68. The Labute approximate surface area is 203 Å². The third kappa shape index (κ3) is 5.13. The van der Waals surface area contributed by atoms with Crippen molar-refractivity contribution in [3.63, 3.8) is 0 Å². The molecule has 2 N–H and O–H groups in total. The summed E-state index contributed by atoms with van der Waals surface area (Å²) in [5.74, 6) is -0.507. The molecule has 0 radical (unpaired) electrons. The quantitative estimate of drug-likeness (QED) is 0.386. The SMILES string of the molecule is Cc1cc(CNC(=O)c2cc(Cn3ccn(C)c3=N)cc(-c3ccc(F)cc3C)c2)ccc1Cl. The molecule has 0 aliphatic rings. The van der Waals surface area contributed by atoms with E-state index in [1.165, 1.54) is 12.1 Å². The van der Waals surface area contributed by atoms with Gasteiger partial charge < -0.3 is 14.5 Å². The number of amides is 1. The van der Waals surface area contributed by atoms with Gasteiger partial charge in [0, 0.05) is 36.6 Å². The zero-order valence-corrected chi connectivity index (χ0v) is 20.1. The van der Waals surface area contributed by atoms with Crippen molar-refractivity contribution < 1.29 is 9.18 Å². The molecular formula is C27H26ClFN4O. The van der Waals surface area contributed by atoms with Crippen molar-refractivity contribution in [3.8, 4) is 11.1 Å². The third-order valence-corrected chi connectivity index (χ3v) is 6.28. The smallest absolute Gasteiger partial charge is 0.251 e. The first kappa shape index (κ1) is 23.5. The molecule has 0 unspecified atom stereocenters. The van der Waals surface area contributed by atoms with E-state index in [-0.39, 0.29) is 11.7 Å². The second-order valence-corrected chi connectivity index (χ2v) is 8.91. The van der Waals surface area contributed by atoms with Crippen LogP contribution in [-0.4, -0.2) is 15.0 Å². The van der Waals surface area contributed by atoms with Gasteiger partial charge in [-0.3, -0.25) is 10.2 Å². The van der Waals surface area contributed by atoms with Gasteiger partial charge in [-0.05, 0) is 83.6 Å². The molecule has 0 saturated carbocycles. The van der Waals surface area contributed by atoms with Gasteiger partial charge in [-0.15, -0.1) is 0 Å². The first-order chi connectivity index (χ1) is 16.2. The van der Waals surface area contributed by atoms with E-state index in [1.54, 1.807) is 15.2 Å². The number of carbonyl (C=O) groups excluding carboxylic acids is 1. The number of rotatable bonds is 6. The molecule has 0 aliphatic carbocycles. The second kappa shape index (κ2) is 9.69. The third-order valence-electron chi connectivity index (χ3n) is 5.86. The fourth-order valence-electron chi connectivity index (χ4n) is 3.97. The molecule has 174 valence electrons. The lowest BCUT2D eigenvalue weighted by atomic mass is 9.96. The van der Waals surface area contributed by atoms with Gasteiger partial charge in [-0.25, -0.2) is 4.39 Å². The number of aryl methyl sites for hydroxylation is 3. The van der Waals surface area contributed by atoms with Crippen LogP contribution in [-0.2, 0) is 20.1 Å². The van der Waals surface area contributed by atoms with Crippen LogP contribution in [0.15, 0.2) is 67.0 Å². The molecule has 4 aromatic rings. The highest BCUT2D eigenvalue weighted by Crippen LogP contribution is 2.27. The molecule has 5 nitrogen and oxygen atoms in total. The van der Waals surface area contributed by atoms with E-state index < -0.39 is 0 Å². The molecule has 7 heteroatoms. The topological polar surface area (TPSA) is 62.8 Å². The Morgan fingerprint density at radius 2 is 1.79 bits per heavy atom. The van der Waals surface area contributed by atoms with Crippen LogP contribution >= 0.6 is 11.6 Å². The number of nitrogens with one attached hydrogen (secondary N) is 2. The van der Waals surface area contributed by atoms with Crippen molar-refractivity contribution >= 4 is 17.5 Å². The van der Waals surface area contributed by atoms with Crippen LogP contribution in [0.4, 0.5) is 4.39 Å². The molecule has 1 aromatic heterocycles. The van der Waals surface area contributed by atoms with Crippen molar-refractivity contribution in [2.45, 2.75) is 26.9 Å². The summed E-state index contributed by atoms with van der Waals surface area (Å²) in [6, 6.07) is 15.9. The van der Waals surface area contributed by atoms with E-state index in [0.717, 1.165) is 33.4 Å². The summed E-state index contributed by atoms with van der Waals surface area (Å²) in [4.78, 5) is 13.1. The summed E-state index contributed by atoms with van der Waals surface area (Å²) in [6.45, 7) is 4.58. The lowest BCUT2D eigenvalue weighted by molar-refractivity contribution is 0.0951. The molecule has 0 bridgehead atoms. The summed E-state index contributed by atoms with van der Waals surface area (Å²) >= 11 is 6.11. The summed E-state index contributed by atoms with van der Waals surface area (Å²) in [5, 5.41) is 11.9. The van der Waals surface area contributed by atoms with Gasteiger partial charge in [0.2, 0.25) is 5.62 Å². The maximum Gasteiger partial charge on any atom is 0.251 e. The average Bonchev–Trinajstić information content (AvgIpc) is 3.11. The first-order valence-electron chi connectivity index (χ1n) is 10.9. The normalized spacial score (nSPS) is 11.0. The van der Waals surface area contributed by atoms with Gasteiger partial charge in [0.15, 0.2) is 0 Å². The number of imidazole rings is 1. The number of hydrogen-bond donors (Lipinski definition) is 2. The Kier molecular flexibility index (Phi) is 6.70. The van der Waals surface area contributed by atoms with Gasteiger partial charge in [-0.1, -0.05) is 29.8 Å². The lowest BCUT2D eigenvalue weighted by Crippen LogP contribution is -2.24. The predicted octanol–water partition coefficient (Wildman–Crippen LogP) is 5.36. The molecule has 4 rings (SSSR count). The largest absolute Gasteiger partial charge is 0.348 e. The van der Waals surface area contributed by atoms with Gasteiger partial charge in [0.1, 0.15) is 5.82 Å². The van der Waals surface area contributed by atoms with Crippen LogP contribution in [0.1, 0.15) is 32.6 Å². The minimum atomic E-state index is -0.299. The summed E-state index contributed by atoms with van der Waals surface area (Å²) in [7, 11) is 1.81. The highest BCUT2D eigenvalue weighted by molar-refractivity contribution is 6.31. The van der Waals surface area contributed by atoms with Crippen LogP contribution in [0.5, 0.6) is 0 Å². The molecule has 1 amide bonds. The lowest BCUT2D eigenvalue weighted by Gasteiger charge is -2.13. The van der Waals surface area contributed by atoms with Gasteiger partial charge in [0.05, 0.1) is 6.54 Å². The standard InChI is InChI=1S/C27H26ClFN4O/c1-17-11-23(29)5-6-24(17)21-12-20(16-33-9-8-32(3)27(33)30)13-22(14-21)26(34)31-15-19-4-7-25(28)18(2)10-19/h4-14,30H,15-16H2,1-3H3,(H,31,34). The minimum absolute atomic E-state index is 0.209. The van der Waals surface area contributed by atoms with Crippen molar-refractivity contribution in [1.29, 1.82) is 5.41 Å². The first-order valence-corrected chi connectivity index (χ1v) is 11.3. The van der Waals surface area contributed by atoms with Gasteiger partial charge in [-0.2, -0.15) is 0 Å². The fourth-order valence-corrected chi connectivity index (χ4v) is 4.09. The van der Waals surface area contributed by atoms with Crippen LogP contribution in [0.2, 0.25) is 5.02 Å². The zero-order valence-electron chi connectivity index (χ0n) is 19.3. The zero-order chi connectivity index (χ0) is 24.4. The van der Waals surface area contributed by atoms with Crippen molar-refractivity contribution in [3.05, 3.63) is 111 Å². The molecule has 0 fully saturated rings. The molecule has 0 aliphatic heterocycles. The second-order valence-electron chi connectivity index (χ2n) is 8.50.